The van der Waals surface area contributed by atoms with Gasteiger partial charge in [0.2, 0.25) is 0 Å². The highest BCUT2D eigenvalue weighted by molar-refractivity contribution is 6.58. The van der Waals surface area contributed by atoms with Crippen molar-refractivity contribution in [3.8, 4) is 0 Å². The van der Waals surface area contributed by atoms with E-state index in [1.165, 1.54) is 0 Å². The molecular weight excluding hydrogens is 446 g/mol. The van der Waals surface area contributed by atoms with Gasteiger partial charge in [0.1, 0.15) is 0 Å². The molecule has 0 saturated carbocycles. The van der Waals surface area contributed by atoms with E-state index in [1.807, 2.05) is 0 Å². The van der Waals surface area contributed by atoms with E-state index in [-0.39, 0.29) is 0 Å². The lowest BCUT2D eigenvalue weighted by Crippen LogP contribution is -2.73. The summed E-state index contributed by atoms with van der Waals surface area (Å²) in [6.07, 6.45) is -7.57. The van der Waals surface area contributed by atoms with Gasteiger partial charge in [0, 0.05) is 0 Å². The Bertz CT molecular complexity index is 539. The minimum absolute atomic E-state index is 3.41. The van der Waals surface area contributed by atoms with Gasteiger partial charge in [-0.05, 0) is 0 Å². The highest BCUT2D eigenvalue weighted by atomic mass is 35.5. The van der Waals surface area contributed by atoms with Crippen molar-refractivity contribution in [3.63, 3.8) is 0 Å². The molecule has 0 aliphatic carbocycles. The first kappa shape index (κ1) is 24.1. The number of carbonyl (C=O) groups is 1. The fourth-order valence-electron chi connectivity index (χ4n) is 1.10. The maximum absolute atomic E-state index is 13.2. The first-order valence-corrected chi connectivity index (χ1v) is 5.77. The quantitative estimate of drug-likeness (QED) is 0.461. The molecule has 0 spiro atoms. The molecule has 150 valence electrons. The maximum atomic E-state index is 13.2. The predicted octanol–water partition coefficient (Wildman–Crippen LogP) is 4.98. The zero-order chi connectivity index (χ0) is 21.1. The largest absolute Gasteiger partial charge is 0.479 e. The number of alkyl halides is 15. The summed E-state index contributed by atoms with van der Waals surface area (Å²) in [6.45, 7) is 0. The van der Waals surface area contributed by atoms with Crippen LogP contribution in [0.5, 0.6) is 0 Å². The molecule has 0 amide bonds. The summed E-state index contributed by atoms with van der Waals surface area (Å²) < 4.78 is 159. The summed E-state index contributed by atoms with van der Waals surface area (Å²) in [4.78, 5) is 10.2. The van der Waals surface area contributed by atoms with Crippen LogP contribution in [-0.2, 0) is 4.79 Å². The van der Waals surface area contributed by atoms with Gasteiger partial charge >= 0.3 is 41.8 Å². The number of carboxylic acids is 1. The van der Waals surface area contributed by atoms with Crippen LogP contribution in [0.15, 0.2) is 0 Å². The van der Waals surface area contributed by atoms with E-state index < -0.39 is 46.1 Å². The van der Waals surface area contributed by atoms with Crippen molar-refractivity contribution in [2.24, 2.45) is 0 Å². The smallest absolute Gasteiger partial charge is 0.460 e. The molecule has 0 atom stereocenters. The van der Waals surface area contributed by atoms with Gasteiger partial charge in [0.25, 0.3) is 4.33 Å². The monoisotopic (exact) mass is 446 g/mol. The number of hydrogen-bond donors (Lipinski definition) is 1. The second-order valence-corrected chi connectivity index (χ2v) is 5.58. The van der Waals surface area contributed by atoms with Gasteiger partial charge in [-0.2, -0.15) is 57.1 Å². The second-order valence-electron chi connectivity index (χ2n) is 4.25. The molecule has 0 rings (SSSR count). The van der Waals surface area contributed by atoms with Gasteiger partial charge < -0.3 is 5.11 Å². The number of aliphatic carboxylic acids is 1. The predicted molar refractivity (Wildman–Crippen MR) is 52.9 cm³/mol. The Hall–Kier alpha value is -0.860. The Balaban J connectivity index is 6.55. The lowest BCUT2D eigenvalue weighted by Gasteiger charge is -2.41. The van der Waals surface area contributed by atoms with Gasteiger partial charge in [0.05, 0.1) is 0 Å². The second kappa shape index (κ2) is 5.82. The summed E-state index contributed by atoms with van der Waals surface area (Å²) in [6, 6.07) is 0. The molecule has 0 aliphatic rings. The molecule has 0 heterocycles. The van der Waals surface area contributed by atoms with E-state index >= 15 is 0 Å². The molecule has 1 N–H and O–H groups in total. The van der Waals surface area contributed by atoms with Crippen molar-refractivity contribution in [3.05, 3.63) is 0 Å². The number of carboxylic acid groups (broad SMARTS) is 1. The van der Waals surface area contributed by atoms with E-state index in [9.17, 15) is 61.9 Å². The van der Waals surface area contributed by atoms with E-state index in [4.69, 9.17) is 5.11 Å². The average Bonchev–Trinajstić information content (AvgIpc) is 2.35. The standard InChI is InChI=1S/C8HCl2F13O2/c9-2(10,1(24)25)3(11,12)4(13,14)5(15,16)6(17,18)7(19,20)8(21,22)23/h(H,24,25). The van der Waals surface area contributed by atoms with E-state index in [0.717, 1.165) is 0 Å². The zero-order valence-corrected chi connectivity index (χ0v) is 12.0. The van der Waals surface area contributed by atoms with Crippen LogP contribution >= 0.6 is 23.2 Å². The third-order valence-corrected chi connectivity index (χ3v) is 3.39. The fourth-order valence-corrected chi connectivity index (χ4v) is 1.34. The van der Waals surface area contributed by atoms with Crippen LogP contribution in [0.1, 0.15) is 0 Å². The van der Waals surface area contributed by atoms with E-state index in [0.29, 0.717) is 0 Å². The van der Waals surface area contributed by atoms with Crippen molar-refractivity contribution in [1.82, 2.24) is 0 Å². The molecule has 0 aromatic rings. The Morgan fingerprint density at radius 3 is 1.04 bits per heavy atom. The zero-order valence-electron chi connectivity index (χ0n) is 10.5. The molecule has 0 radical (unpaired) electrons. The summed E-state index contributed by atoms with van der Waals surface area (Å²) in [5.41, 5.74) is 0. The van der Waals surface area contributed by atoms with E-state index in [1.54, 1.807) is 0 Å². The molecule has 0 aromatic heterocycles. The summed E-state index contributed by atoms with van der Waals surface area (Å²) in [5.74, 6) is -42.7. The van der Waals surface area contributed by atoms with Crippen molar-refractivity contribution in [1.29, 1.82) is 0 Å². The van der Waals surface area contributed by atoms with Crippen molar-refractivity contribution in [2.45, 2.75) is 40.1 Å². The highest BCUT2D eigenvalue weighted by Gasteiger charge is 2.93. The third-order valence-electron chi connectivity index (χ3n) is 2.60. The van der Waals surface area contributed by atoms with Crippen LogP contribution in [0.3, 0.4) is 0 Å². The van der Waals surface area contributed by atoms with Gasteiger partial charge in [-0.15, -0.1) is 0 Å². The highest BCUT2D eigenvalue weighted by Crippen LogP contribution is 2.62. The van der Waals surface area contributed by atoms with Crippen LogP contribution in [-0.4, -0.2) is 51.2 Å². The van der Waals surface area contributed by atoms with Crippen molar-refractivity contribution < 1.29 is 67.0 Å². The Morgan fingerprint density at radius 2 is 0.800 bits per heavy atom. The fraction of sp³-hybridized carbons (Fsp3) is 0.875. The van der Waals surface area contributed by atoms with E-state index in [2.05, 4.69) is 23.2 Å². The normalized spacial score (nSPS) is 16.1. The summed E-state index contributed by atoms with van der Waals surface area (Å²) >= 11 is 8.31. The Kier molecular flexibility index (Phi) is 5.62. The molecule has 0 saturated heterocycles. The Morgan fingerprint density at radius 1 is 0.560 bits per heavy atom. The molecule has 0 aromatic carbocycles. The summed E-state index contributed by atoms with van der Waals surface area (Å²) in [7, 11) is 0. The molecule has 17 heteroatoms. The lowest BCUT2D eigenvalue weighted by molar-refractivity contribution is -0.440. The number of rotatable bonds is 6. The number of halogens is 15. The first-order valence-electron chi connectivity index (χ1n) is 5.01. The molecule has 2 nitrogen and oxygen atoms in total. The molecule has 0 fully saturated rings. The van der Waals surface area contributed by atoms with Crippen LogP contribution in [0.4, 0.5) is 57.1 Å². The van der Waals surface area contributed by atoms with Gasteiger partial charge in [0.15, 0.2) is 0 Å². The third kappa shape index (κ3) is 2.96. The minimum Gasteiger partial charge on any atom is -0.479 e. The minimum atomic E-state index is -8.16. The van der Waals surface area contributed by atoms with Crippen LogP contribution in [0, 0.1) is 0 Å². The molecule has 25 heavy (non-hydrogen) atoms. The topological polar surface area (TPSA) is 37.3 Å². The molecule has 0 aliphatic heterocycles. The average molecular weight is 447 g/mol. The van der Waals surface area contributed by atoms with Gasteiger partial charge in [-0.3, -0.25) is 0 Å². The summed E-state index contributed by atoms with van der Waals surface area (Å²) in [5, 5.41) is 8.06. The van der Waals surface area contributed by atoms with Crippen molar-refractivity contribution >= 4 is 29.2 Å². The first-order chi connectivity index (χ1) is 10.4. The van der Waals surface area contributed by atoms with Crippen LogP contribution < -0.4 is 0 Å². The molecular formula is C8HCl2F13O2. The number of hydrogen-bond acceptors (Lipinski definition) is 1. The van der Waals surface area contributed by atoms with Gasteiger partial charge in [-0.25, -0.2) is 4.79 Å². The maximum Gasteiger partial charge on any atom is 0.460 e. The van der Waals surface area contributed by atoms with Crippen molar-refractivity contribution in [2.75, 3.05) is 0 Å². The lowest BCUT2D eigenvalue weighted by atomic mass is 9.92. The Labute approximate surface area is 137 Å². The van der Waals surface area contributed by atoms with Gasteiger partial charge in [-0.1, -0.05) is 23.2 Å². The molecule has 0 unspecified atom stereocenters. The van der Waals surface area contributed by atoms with Crippen LogP contribution in [0.2, 0.25) is 0 Å². The van der Waals surface area contributed by atoms with Crippen LogP contribution in [0.25, 0.3) is 0 Å². The SMILES string of the molecule is O=C(O)C(Cl)(Cl)C(F)(F)C(F)(F)C(F)(F)C(F)(F)C(F)(F)C(F)(F)F. The molecule has 0 bridgehead atoms.